The summed E-state index contributed by atoms with van der Waals surface area (Å²) in [6, 6.07) is 6.41. The van der Waals surface area contributed by atoms with Crippen LogP contribution in [0.25, 0.3) is 0 Å². The van der Waals surface area contributed by atoms with Crippen LogP contribution in [0.1, 0.15) is 30.9 Å². The quantitative estimate of drug-likeness (QED) is 0.856. The SMILES string of the molecule is NC(CCN1CCCC(CO)C1)c1cccc(F)c1. The van der Waals surface area contributed by atoms with E-state index in [4.69, 9.17) is 5.73 Å². The predicted octanol–water partition coefficient (Wildman–Crippen LogP) is 1.92. The number of halogens is 1. The Hall–Kier alpha value is -0.970. The normalized spacial score (nSPS) is 22.4. The van der Waals surface area contributed by atoms with Gasteiger partial charge in [-0.3, -0.25) is 0 Å². The highest BCUT2D eigenvalue weighted by Gasteiger charge is 2.19. The maximum Gasteiger partial charge on any atom is 0.123 e. The highest BCUT2D eigenvalue weighted by atomic mass is 19.1. The second-order valence-electron chi connectivity index (χ2n) is 5.44. The summed E-state index contributed by atoms with van der Waals surface area (Å²) in [5.41, 5.74) is 6.96. The topological polar surface area (TPSA) is 49.5 Å². The molecular weight excluding hydrogens is 243 g/mol. The van der Waals surface area contributed by atoms with Gasteiger partial charge in [-0.25, -0.2) is 4.39 Å². The largest absolute Gasteiger partial charge is 0.396 e. The maximum atomic E-state index is 13.1. The predicted molar refractivity (Wildman–Crippen MR) is 74.2 cm³/mol. The molecule has 106 valence electrons. The summed E-state index contributed by atoms with van der Waals surface area (Å²) in [6.45, 7) is 3.21. The number of nitrogens with zero attached hydrogens (tertiary/aromatic N) is 1. The number of benzene rings is 1. The van der Waals surface area contributed by atoms with E-state index in [0.717, 1.165) is 44.5 Å². The Balaban J connectivity index is 1.81. The molecule has 2 atom stereocenters. The van der Waals surface area contributed by atoms with Crippen LogP contribution in [0.15, 0.2) is 24.3 Å². The van der Waals surface area contributed by atoms with Crippen molar-refractivity contribution >= 4 is 0 Å². The van der Waals surface area contributed by atoms with Gasteiger partial charge in [-0.05, 0) is 56.0 Å². The van der Waals surface area contributed by atoms with Crippen molar-refractivity contribution in [3.63, 3.8) is 0 Å². The Morgan fingerprint density at radius 3 is 3.05 bits per heavy atom. The zero-order valence-corrected chi connectivity index (χ0v) is 11.3. The van der Waals surface area contributed by atoms with E-state index in [1.807, 2.05) is 6.07 Å². The Morgan fingerprint density at radius 2 is 2.32 bits per heavy atom. The molecule has 1 aliphatic rings. The summed E-state index contributed by atoms with van der Waals surface area (Å²) >= 11 is 0. The van der Waals surface area contributed by atoms with Crippen molar-refractivity contribution in [3.8, 4) is 0 Å². The fourth-order valence-electron chi connectivity index (χ4n) is 2.73. The summed E-state index contributed by atoms with van der Waals surface area (Å²) in [4.78, 5) is 2.35. The van der Waals surface area contributed by atoms with Crippen LogP contribution < -0.4 is 5.73 Å². The lowest BCUT2D eigenvalue weighted by Gasteiger charge is -2.32. The van der Waals surface area contributed by atoms with Crippen molar-refractivity contribution in [3.05, 3.63) is 35.6 Å². The summed E-state index contributed by atoms with van der Waals surface area (Å²) in [7, 11) is 0. The Labute approximate surface area is 114 Å². The molecular formula is C15H23FN2O. The molecule has 0 bridgehead atoms. The Bertz CT molecular complexity index is 399. The van der Waals surface area contributed by atoms with E-state index in [1.165, 1.54) is 12.1 Å². The van der Waals surface area contributed by atoms with Crippen molar-refractivity contribution < 1.29 is 9.50 Å². The maximum absolute atomic E-state index is 13.1. The third-order valence-electron chi connectivity index (χ3n) is 3.89. The number of rotatable bonds is 5. The van der Waals surface area contributed by atoms with E-state index in [-0.39, 0.29) is 18.5 Å². The fourth-order valence-corrected chi connectivity index (χ4v) is 2.73. The van der Waals surface area contributed by atoms with Gasteiger partial charge < -0.3 is 15.7 Å². The molecule has 19 heavy (non-hydrogen) atoms. The first-order chi connectivity index (χ1) is 9.19. The molecule has 0 amide bonds. The van der Waals surface area contributed by atoms with Crippen molar-refractivity contribution in [1.82, 2.24) is 4.90 Å². The van der Waals surface area contributed by atoms with E-state index >= 15 is 0 Å². The minimum Gasteiger partial charge on any atom is -0.396 e. The molecule has 1 aliphatic heterocycles. The van der Waals surface area contributed by atoms with Crippen LogP contribution in [0.2, 0.25) is 0 Å². The standard InChI is InChI=1S/C15H23FN2O/c16-14-5-1-4-13(9-14)15(17)6-8-18-7-2-3-12(10-18)11-19/h1,4-5,9,12,15,19H,2-3,6-8,10-11,17H2. The molecule has 3 N–H and O–H groups in total. The van der Waals surface area contributed by atoms with Gasteiger partial charge in [0.2, 0.25) is 0 Å². The van der Waals surface area contributed by atoms with Crippen LogP contribution in [0.4, 0.5) is 4.39 Å². The highest BCUT2D eigenvalue weighted by Crippen LogP contribution is 2.19. The minimum absolute atomic E-state index is 0.120. The fraction of sp³-hybridized carbons (Fsp3) is 0.600. The third-order valence-corrected chi connectivity index (χ3v) is 3.89. The van der Waals surface area contributed by atoms with Gasteiger partial charge in [0.1, 0.15) is 5.82 Å². The van der Waals surface area contributed by atoms with Crippen molar-refractivity contribution in [1.29, 1.82) is 0 Å². The van der Waals surface area contributed by atoms with Crippen molar-refractivity contribution in [2.75, 3.05) is 26.2 Å². The van der Waals surface area contributed by atoms with Crippen LogP contribution in [-0.2, 0) is 0 Å². The lowest BCUT2D eigenvalue weighted by molar-refractivity contribution is 0.118. The number of hydrogen-bond acceptors (Lipinski definition) is 3. The molecule has 2 rings (SSSR count). The van der Waals surface area contributed by atoms with E-state index in [1.54, 1.807) is 6.07 Å². The number of aliphatic hydroxyl groups is 1. The molecule has 2 unspecified atom stereocenters. The molecule has 0 aliphatic carbocycles. The summed E-state index contributed by atoms with van der Waals surface area (Å²) in [6.07, 6.45) is 3.07. The number of nitrogens with two attached hydrogens (primary N) is 1. The smallest absolute Gasteiger partial charge is 0.123 e. The lowest BCUT2D eigenvalue weighted by Crippen LogP contribution is -2.38. The Kier molecular flexibility index (Phi) is 5.31. The number of piperidine rings is 1. The summed E-state index contributed by atoms with van der Waals surface area (Å²) in [5, 5.41) is 9.20. The second-order valence-corrected chi connectivity index (χ2v) is 5.44. The first-order valence-corrected chi connectivity index (χ1v) is 7.03. The molecule has 1 aromatic rings. The van der Waals surface area contributed by atoms with Gasteiger partial charge in [-0.2, -0.15) is 0 Å². The zero-order chi connectivity index (χ0) is 13.7. The van der Waals surface area contributed by atoms with E-state index in [0.29, 0.717) is 5.92 Å². The number of aliphatic hydroxyl groups excluding tert-OH is 1. The van der Waals surface area contributed by atoms with Gasteiger partial charge in [0.15, 0.2) is 0 Å². The Morgan fingerprint density at radius 1 is 1.47 bits per heavy atom. The highest BCUT2D eigenvalue weighted by molar-refractivity contribution is 5.19. The summed E-state index contributed by atoms with van der Waals surface area (Å²) in [5.74, 6) is 0.172. The first-order valence-electron chi connectivity index (χ1n) is 7.03. The average Bonchev–Trinajstić information content (AvgIpc) is 2.45. The average molecular weight is 266 g/mol. The van der Waals surface area contributed by atoms with Crippen LogP contribution in [0.3, 0.4) is 0 Å². The van der Waals surface area contributed by atoms with Crippen LogP contribution in [0.5, 0.6) is 0 Å². The molecule has 1 fully saturated rings. The molecule has 0 saturated carbocycles. The van der Waals surface area contributed by atoms with Gasteiger partial charge in [0.05, 0.1) is 0 Å². The van der Waals surface area contributed by atoms with Gasteiger partial charge in [-0.15, -0.1) is 0 Å². The second kappa shape index (κ2) is 6.98. The molecule has 3 nitrogen and oxygen atoms in total. The van der Waals surface area contributed by atoms with E-state index in [9.17, 15) is 9.50 Å². The molecule has 1 heterocycles. The molecule has 0 radical (unpaired) electrons. The van der Waals surface area contributed by atoms with Crippen LogP contribution in [0, 0.1) is 11.7 Å². The van der Waals surface area contributed by atoms with E-state index < -0.39 is 0 Å². The van der Waals surface area contributed by atoms with Gasteiger partial charge in [0.25, 0.3) is 0 Å². The third kappa shape index (κ3) is 4.27. The van der Waals surface area contributed by atoms with Crippen LogP contribution >= 0.6 is 0 Å². The molecule has 0 aromatic heterocycles. The molecule has 0 spiro atoms. The number of hydrogen-bond donors (Lipinski definition) is 2. The van der Waals surface area contributed by atoms with Gasteiger partial charge in [0, 0.05) is 19.2 Å². The van der Waals surface area contributed by atoms with Gasteiger partial charge >= 0.3 is 0 Å². The summed E-state index contributed by atoms with van der Waals surface area (Å²) < 4.78 is 13.1. The molecule has 1 saturated heterocycles. The molecule has 4 heteroatoms. The van der Waals surface area contributed by atoms with Crippen molar-refractivity contribution in [2.24, 2.45) is 11.7 Å². The van der Waals surface area contributed by atoms with Crippen LogP contribution in [-0.4, -0.2) is 36.2 Å². The van der Waals surface area contributed by atoms with Gasteiger partial charge in [-0.1, -0.05) is 12.1 Å². The monoisotopic (exact) mass is 266 g/mol. The van der Waals surface area contributed by atoms with Crippen molar-refractivity contribution in [2.45, 2.75) is 25.3 Å². The van der Waals surface area contributed by atoms with E-state index in [2.05, 4.69) is 4.90 Å². The molecule has 1 aromatic carbocycles. The first kappa shape index (κ1) is 14.4. The minimum atomic E-state index is -0.230. The lowest BCUT2D eigenvalue weighted by atomic mass is 9.98. The number of likely N-dealkylation sites (tertiary alicyclic amines) is 1. The zero-order valence-electron chi connectivity index (χ0n) is 11.3.